The van der Waals surface area contributed by atoms with E-state index in [1.165, 1.54) is 12.1 Å². The Labute approximate surface area is 173 Å². The van der Waals surface area contributed by atoms with E-state index in [0.717, 1.165) is 49.3 Å². The number of aryl methyl sites for hydroxylation is 1. The van der Waals surface area contributed by atoms with Crippen molar-refractivity contribution in [3.05, 3.63) is 47.2 Å². The lowest BCUT2D eigenvalue weighted by atomic mass is 9.91. The SMILES string of the molecule is Cc1cc(N(C)C)nc(N[C@H]2CC[C@@H](NC(=O)c3ccc(C(F)(F)F)cc3)CC2)n1. The first-order valence-electron chi connectivity index (χ1n) is 9.89. The van der Waals surface area contributed by atoms with Gasteiger partial charge in [0.15, 0.2) is 0 Å². The van der Waals surface area contributed by atoms with Crippen LogP contribution in [0.1, 0.15) is 47.3 Å². The maximum absolute atomic E-state index is 12.7. The van der Waals surface area contributed by atoms with Crippen LogP contribution in [0.5, 0.6) is 0 Å². The van der Waals surface area contributed by atoms with Gasteiger partial charge < -0.3 is 15.5 Å². The molecular weight excluding hydrogens is 395 g/mol. The van der Waals surface area contributed by atoms with E-state index in [-0.39, 0.29) is 23.6 Å². The van der Waals surface area contributed by atoms with Crippen molar-refractivity contribution in [2.75, 3.05) is 24.3 Å². The second kappa shape index (κ2) is 8.89. The van der Waals surface area contributed by atoms with Crippen LogP contribution >= 0.6 is 0 Å². The molecule has 1 saturated carbocycles. The van der Waals surface area contributed by atoms with E-state index in [9.17, 15) is 18.0 Å². The number of halogens is 3. The summed E-state index contributed by atoms with van der Waals surface area (Å²) in [5, 5.41) is 6.30. The van der Waals surface area contributed by atoms with Gasteiger partial charge in [-0.3, -0.25) is 4.79 Å². The summed E-state index contributed by atoms with van der Waals surface area (Å²) in [6.07, 6.45) is -1.18. The number of carbonyl (C=O) groups excluding carboxylic acids is 1. The van der Waals surface area contributed by atoms with Crippen LogP contribution in [0.15, 0.2) is 30.3 Å². The molecule has 0 unspecified atom stereocenters. The summed E-state index contributed by atoms with van der Waals surface area (Å²) < 4.78 is 38.0. The molecule has 0 bridgehead atoms. The third kappa shape index (κ3) is 5.61. The quantitative estimate of drug-likeness (QED) is 0.763. The normalized spacial score (nSPS) is 19.3. The van der Waals surface area contributed by atoms with Crippen molar-refractivity contribution in [1.29, 1.82) is 0 Å². The van der Waals surface area contributed by atoms with Crippen LogP contribution in [-0.2, 0) is 6.18 Å². The molecule has 6 nitrogen and oxygen atoms in total. The molecular formula is C21H26F3N5O. The molecule has 3 rings (SSSR count). The molecule has 9 heteroatoms. The lowest BCUT2D eigenvalue weighted by Crippen LogP contribution is -2.40. The highest BCUT2D eigenvalue weighted by atomic mass is 19.4. The Morgan fingerprint density at radius 2 is 1.63 bits per heavy atom. The van der Waals surface area contributed by atoms with E-state index in [0.29, 0.717) is 5.95 Å². The highest BCUT2D eigenvalue weighted by Gasteiger charge is 2.30. The number of nitrogens with one attached hydrogen (secondary N) is 2. The van der Waals surface area contributed by atoms with Crippen LogP contribution in [0.2, 0.25) is 0 Å². The molecule has 1 fully saturated rings. The first kappa shape index (κ1) is 21.9. The van der Waals surface area contributed by atoms with Gasteiger partial charge in [0, 0.05) is 43.5 Å². The predicted molar refractivity (Wildman–Crippen MR) is 110 cm³/mol. The number of hydrogen-bond acceptors (Lipinski definition) is 5. The maximum atomic E-state index is 12.7. The zero-order chi connectivity index (χ0) is 21.9. The van der Waals surface area contributed by atoms with Gasteiger partial charge in [-0.1, -0.05) is 0 Å². The number of carbonyl (C=O) groups is 1. The lowest BCUT2D eigenvalue weighted by molar-refractivity contribution is -0.137. The molecule has 1 aliphatic carbocycles. The minimum atomic E-state index is -4.41. The Kier molecular flexibility index (Phi) is 6.48. The zero-order valence-corrected chi connectivity index (χ0v) is 17.3. The predicted octanol–water partition coefficient (Wildman–Crippen LogP) is 4.02. The van der Waals surface area contributed by atoms with Gasteiger partial charge in [-0.2, -0.15) is 18.2 Å². The first-order chi connectivity index (χ1) is 14.1. The van der Waals surface area contributed by atoms with E-state index >= 15 is 0 Å². The fraction of sp³-hybridized carbons (Fsp3) is 0.476. The van der Waals surface area contributed by atoms with Gasteiger partial charge in [0.25, 0.3) is 5.91 Å². The van der Waals surface area contributed by atoms with Crippen LogP contribution in [0.4, 0.5) is 24.9 Å². The van der Waals surface area contributed by atoms with Crippen molar-refractivity contribution in [3.8, 4) is 0 Å². The number of amides is 1. The third-order valence-corrected chi connectivity index (χ3v) is 5.17. The minimum Gasteiger partial charge on any atom is -0.363 e. The highest BCUT2D eigenvalue weighted by Crippen LogP contribution is 2.29. The minimum absolute atomic E-state index is 0.00592. The maximum Gasteiger partial charge on any atom is 0.416 e. The molecule has 0 aliphatic heterocycles. The van der Waals surface area contributed by atoms with Crippen molar-refractivity contribution < 1.29 is 18.0 Å². The fourth-order valence-corrected chi connectivity index (χ4v) is 3.49. The number of anilines is 2. The zero-order valence-electron chi connectivity index (χ0n) is 17.3. The molecule has 2 N–H and O–H groups in total. The molecule has 1 aromatic heterocycles. The molecule has 1 aliphatic rings. The molecule has 1 amide bonds. The fourth-order valence-electron chi connectivity index (χ4n) is 3.49. The number of nitrogens with zero attached hydrogens (tertiary/aromatic N) is 3. The molecule has 0 spiro atoms. The molecule has 0 saturated heterocycles. The monoisotopic (exact) mass is 421 g/mol. The number of rotatable bonds is 5. The van der Waals surface area contributed by atoms with Gasteiger partial charge in [-0.05, 0) is 56.9 Å². The summed E-state index contributed by atoms with van der Waals surface area (Å²) in [5.74, 6) is 1.08. The van der Waals surface area contributed by atoms with E-state index in [1.54, 1.807) is 0 Å². The molecule has 2 aromatic rings. The Bertz CT molecular complexity index is 875. The average Bonchev–Trinajstić information content (AvgIpc) is 2.68. The Hall–Kier alpha value is -2.84. The van der Waals surface area contributed by atoms with E-state index in [4.69, 9.17) is 0 Å². The van der Waals surface area contributed by atoms with Crippen LogP contribution < -0.4 is 15.5 Å². The van der Waals surface area contributed by atoms with Crippen molar-refractivity contribution in [1.82, 2.24) is 15.3 Å². The Balaban J connectivity index is 1.51. The largest absolute Gasteiger partial charge is 0.416 e. The number of hydrogen-bond donors (Lipinski definition) is 2. The summed E-state index contributed by atoms with van der Waals surface area (Å²) >= 11 is 0. The summed E-state index contributed by atoms with van der Waals surface area (Å²) in [7, 11) is 3.85. The molecule has 30 heavy (non-hydrogen) atoms. The first-order valence-corrected chi connectivity index (χ1v) is 9.89. The Morgan fingerprint density at radius 1 is 1.03 bits per heavy atom. The molecule has 1 aromatic carbocycles. The smallest absolute Gasteiger partial charge is 0.363 e. The van der Waals surface area contributed by atoms with Crippen LogP contribution in [0.3, 0.4) is 0 Å². The van der Waals surface area contributed by atoms with E-state index in [2.05, 4.69) is 20.6 Å². The lowest BCUT2D eigenvalue weighted by Gasteiger charge is -2.30. The van der Waals surface area contributed by atoms with Gasteiger partial charge >= 0.3 is 6.18 Å². The van der Waals surface area contributed by atoms with Crippen molar-refractivity contribution in [2.45, 2.75) is 50.9 Å². The van der Waals surface area contributed by atoms with Gasteiger partial charge in [0.2, 0.25) is 5.95 Å². The van der Waals surface area contributed by atoms with E-state index in [1.807, 2.05) is 32.0 Å². The van der Waals surface area contributed by atoms with Gasteiger partial charge in [-0.15, -0.1) is 0 Å². The standard InChI is InChI=1S/C21H26F3N5O/c1-13-12-18(29(2)3)28-20(25-13)27-17-10-8-16(9-11-17)26-19(30)14-4-6-15(7-5-14)21(22,23)24/h4-7,12,16-17H,8-11H2,1-3H3,(H,26,30)(H,25,27,28)/t16-,17+. The number of alkyl halides is 3. The second-order valence-corrected chi connectivity index (χ2v) is 7.83. The summed E-state index contributed by atoms with van der Waals surface area (Å²) in [5.41, 5.74) is 0.350. The summed E-state index contributed by atoms with van der Waals surface area (Å²) in [6.45, 7) is 1.92. The van der Waals surface area contributed by atoms with Crippen molar-refractivity contribution >= 4 is 17.7 Å². The second-order valence-electron chi connectivity index (χ2n) is 7.83. The van der Waals surface area contributed by atoms with Crippen LogP contribution in [0, 0.1) is 6.92 Å². The van der Waals surface area contributed by atoms with E-state index < -0.39 is 11.7 Å². The van der Waals surface area contributed by atoms with Crippen LogP contribution in [-0.4, -0.2) is 42.1 Å². The summed E-state index contributed by atoms with van der Waals surface area (Å²) in [4.78, 5) is 23.2. The summed E-state index contributed by atoms with van der Waals surface area (Å²) in [6, 6.07) is 6.40. The molecule has 1 heterocycles. The molecule has 162 valence electrons. The van der Waals surface area contributed by atoms with Gasteiger partial charge in [-0.25, -0.2) is 4.98 Å². The topological polar surface area (TPSA) is 70.2 Å². The highest BCUT2D eigenvalue weighted by molar-refractivity contribution is 5.94. The Morgan fingerprint density at radius 3 is 2.20 bits per heavy atom. The molecule has 0 radical (unpaired) electrons. The van der Waals surface area contributed by atoms with Crippen molar-refractivity contribution in [2.24, 2.45) is 0 Å². The van der Waals surface area contributed by atoms with Crippen LogP contribution in [0.25, 0.3) is 0 Å². The number of aromatic nitrogens is 2. The van der Waals surface area contributed by atoms with Gasteiger partial charge in [0.1, 0.15) is 5.82 Å². The van der Waals surface area contributed by atoms with Crippen molar-refractivity contribution in [3.63, 3.8) is 0 Å². The van der Waals surface area contributed by atoms with Gasteiger partial charge in [0.05, 0.1) is 5.56 Å². The number of benzene rings is 1. The third-order valence-electron chi connectivity index (χ3n) is 5.17. The molecule has 0 atom stereocenters. The average molecular weight is 421 g/mol.